The molecule has 0 aliphatic carbocycles. The summed E-state index contributed by atoms with van der Waals surface area (Å²) in [5.41, 5.74) is 5.07. The SMILES string of the molecule is CC(C)(C)C(=O)/C=C(\O)C(C)(C)C.Cc1c[c-]c(-c2ncc3ccccc3c2C)c(C)c1.[Ir]. The van der Waals surface area contributed by atoms with Crippen molar-refractivity contribution in [2.45, 2.75) is 62.3 Å². The average Bonchev–Trinajstić information content (AvgIpc) is 2.68. The number of hydrogen-bond donors (Lipinski definition) is 1. The second-order valence-electron chi connectivity index (χ2n) is 10.4. The first kappa shape index (κ1) is 28.7. The molecule has 3 rings (SSSR count). The summed E-state index contributed by atoms with van der Waals surface area (Å²) in [7, 11) is 0. The maximum absolute atomic E-state index is 11.5. The summed E-state index contributed by atoms with van der Waals surface area (Å²) in [6, 6.07) is 15.9. The third-order valence-electron chi connectivity index (χ3n) is 5.35. The molecule has 3 nitrogen and oxygen atoms in total. The topological polar surface area (TPSA) is 50.2 Å². The van der Waals surface area contributed by atoms with Crippen LogP contribution in [0.3, 0.4) is 0 Å². The van der Waals surface area contributed by atoms with Crippen molar-refractivity contribution in [2.24, 2.45) is 10.8 Å². The number of allylic oxidation sites excluding steroid dienone is 2. The van der Waals surface area contributed by atoms with E-state index in [2.05, 4.69) is 56.1 Å². The number of aromatic nitrogens is 1. The Labute approximate surface area is 212 Å². The Balaban J connectivity index is 0.000000346. The first-order chi connectivity index (χ1) is 14.7. The minimum atomic E-state index is -0.417. The molecule has 1 aromatic heterocycles. The van der Waals surface area contributed by atoms with Gasteiger partial charge in [0.05, 0.1) is 0 Å². The molecular weight excluding hydrogens is 587 g/mol. The smallest absolute Gasteiger partial charge is 0.164 e. The van der Waals surface area contributed by atoms with Gasteiger partial charge in [0.25, 0.3) is 0 Å². The molecule has 0 aliphatic rings. The fourth-order valence-corrected chi connectivity index (χ4v) is 3.13. The van der Waals surface area contributed by atoms with Crippen molar-refractivity contribution in [1.82, 2.24) is 4.98 Å². The predicted molar refractivity (Wildman–Crippen MR) is 135 cm³/mol. The third kappa shape index (κ3) is 7.62. The van der Waals surface area contributed by atoms with E-state index in [-0.39, 0.29) is 37.1 Å². The summed E-state index contributed by atoms with van der Waals surface area (Å²) in [4.78, 5) is 16.1. The number of ketones is 1. The molecule has 1 radical (unpaired) electrons. The van der Waals surface area contributed by atoms with E-state index < -0.39 is 5.41 Å². The third-order valence-corrected chi connectivity index (χ3v) is 5.35. The standard InChI is InChI=1S/C18H16N.C11H20O2.Ir/c1-12-8-9-16(13(2)10-12)18-14(3)17-7-5-4-6-15(17)11-19-18;1-10(2,3)8(12)7-9(13)11(4,5)6;/h4-8,10-11H,1-3H3;7,12H,1-6H3;/q-1;;/b;8-7-;. The molecule has 33 heavy (non-hydrogen) atoms. The van der Waals surface area contributed by atoms with E-state index in [1.54, 1.807) is 0 Å². The number of nitrogens with zero attached hydrogens (tertiary/aromatic N) is 1. The molecule has 0 saturated carbocycles. The van der Waals surface area contributed by atoms with Gasteiger partial charge in [0, 0.05) is 43.2 Å². The second-order valence-corrected chi connectivity index (χ2v) is 10.4. The number of pyridine rings is 1. The number of fused-ring (bicyclic) bond motifs is 1. The Bertz CT molecular complexity index is 1150. The number of carbonyl (C=O) groups is 1. The van der Waals surface area contributed by atoms with Crippen LogP contribution in [0.1, 0.15) is 58.2 Å². The summed E-state index contributed by atoms with van der Waals surface area (Å²) < 4.78 is 0. The maximum Gasteiger partial charge on any atom is 0.164 e. The summed E-state index contributed by atoms with van der Waals surface area (Å²) >= 11 is 0. The maximum atomic E-state index is 11.5. The molecule has 0 fully saturated rings. The van der Waals surface area contributed by atoms with Crippen molar-refractivity contribution < 1.29 is 30.0 Å². The van der Waals surface area contributed by atoms with E-state index in [1.807, 2.05) is 59.9 Å². The van der Waals surface area contributed by atoms with E-state index in [4.69, 9.17) is 0 Å². The Morgan fingerprint density at radius 2 is 1.61 bits per heavy atom. The predicted octanol–water partition coefficient (Wildman–Crippen LogP) is 7.71. The van der Waals surface area contributed by atoms with E-state index >= 15 is 0 Å². The molecule has 3 aromatic rings. The van der Waals surface area contributed by atoms with Crippen LogP contribution in [-0.4, -0.2) is 15.9 Å². The summed E-state index contributed by atoms with van der Waals surface area (Å²) in [6.07, 6.45) is 3.28. The molecule has 0 unspecified atom stereocenters. The zero-order valence-corrected chi connectivity index (χ0v) is 23.6. The van der Waals surface area contributed by atoms with Gasteiger partial charge < -0.3 is 10.1 Å². The largest absolute Gasteiger partial charge is 0.512 e. The molecule has 0 spiro atoms. The Morgan fingerprint density at radius 3 is 2.15 bits per heavy atom. The molecular formula is C29H36IrNO2-. The molecule has 2 aromatic carbocycles. The minimum absolute atomic E-state index is 0. The average molecular weight is 623 g/mol. The van der Waals surface area contributed by atoms with Crippen LogP contribution in [0.25, 0.3) is 22.0 Å². The zero-order chi connectivity index (χ0) is 24.3. The normalized spacial score (nSPS) is 12.0. The first-order valence-electron chi connectivity index (χ1n) is 11.0. The fraction of sp³-hybridized carbons (Fsp3) is 0.379. The van der Waals surface area contributed by atoms with Gasteiger partial charge in [0.1, 0.15) is 5.76 Å². The van der Waals surface area contributed by atoms with Gasteiger partial charge in [-0.25, -0.2) is 0 Å². The molecule has 0 saturated heterocycles. The first-order valence-corrected chi connectivity index (χ1v) is 11.0. The van der Waals surface area contributed by atoms with Crippen LogP contribution < -0.4 is 0 Å². The van der Waals surface area contributed by atoms with Gasteiger partial charge in [-0.15, -0.1) is 34.9 Å². The van der Waals surface area contributed by atoms with Crippen LogP contribution in [-0.2, 0) is 24.9 Å². The van der Waals surface area contributed by atoms with Crippen molar-refractivity contribution in [3.63, 3.8) is 0 Å². The van der Waals surface area contributed by atoms with E-state index in [0.717, 1.165) is 11.3 Å². The van der Waals surface area contributed by atoms with Crippen molar-refractivity contribution in [3.05, 3.63) is 77.2 Å². The number of benzene rings is 2. The summed E-state index contributed by atoms with van der Waals surface area (Å²) in [5.74, 6) is 0.104. The molecule has 0 atom stereocenters. The van der Waals surface area contributed by atoms with Crippen LogP contribution in [0.15, 0.2) is 54.4 Å². The van der Waals surface area contributed by atoms with Gasteiger partial charge in [-0.1, -0.05) is 85.2 Å². The Kier molecular flexibility index (Phi) is 9.78. The van der Waals surface area contributed by atoms with Gasteiger partial charge in [-0.05, 0) is 23.4 Å². The van der Waals surface area contributed by atoms with Crippen LogP contribution >= 0.6 is 0 Å². The monoisotopic (exact) mass is 623 g/mol. The number of carbonyl (C=O) groups excluding carboxylic acids is 1. The van der Waals surface area contributed by atoms with Crippen LogP contribution in [0.4, 0.5) is 0 Å². The van der Waals surface area contributed by atoms with Gasteiger partial charge in [0.2, 0.25) is 0 Å². The quantitative estimate of drug-likeness (QED) is 0.181. The van der Waals surface area contributed by atoms with Gasteiger partial charge >= 0.3 is 0 Å². The van der Waals surface area contributed by atoms with Crippen molar-refractivity contribution >= 4 is 16.6 Å². The molecule has 0 amide bonds. The number of rotatable bonds is 2. The number of aryl methyl sites for hydroxylation is 3. The van der Waals surface area contributed by atoms with Crippen LogP contribution in [0.2, 0.25) is 0 Å². The number of hydrogen-bond acceptors (Lipinski definition) is 3. The van der Waals surface area contributed by atoms with E-state index in [9.17, 15) is 9.90 Å². The molecule has 179 valence electrons. The van der Waals surface area contributed by atoms with Gasteiger partial charge in [-0.3, -0.25) is 4.79 Å². The van der Waals surface area contributed by atoms with Crippen LogP contribution in [0.5, 0.6) is 0 Å². The van der Waals surface area contributed by atoms with E-state index in [0.29, 0.717) is 0 Å². The summed E-state index contributed by atoms with van der Waals surface area (Å²) in [6.45, 7) is 17.5. The van der Waals surface area contributed by atoms with Crippen molar-refractivity contribution in [2.75, 3.05) is 0 Å². The molecule has 4 heteroatoms. The minimum Gasteiger partial charge on any atom is -0.512 e. The summed E-state index contributed by atoms with van der Waals surface area (Å²) in [5, 5.41) is 12.0. The van der Waals surface area contributed by atoms with Crippen molar-refractivity contribution in [3.8, 4) is 11.3 Å². The second kappa shape index (κ2) is 11.2. The van der Waals surface area contributed by atoms with Gasteiger partial charge in [0.15, 0.2) is 5.78 Å². The Hall–Kier alpha value is -2.29. The van der Waals surface area contributed by atoms with Crippen molar-refractivity contribution in [1.29, 1.82) is 0 Å². The van der Waals surface area contributed by atoms with E-state index in [1.165, 1.54) is 33.5 Å². The fourth-order valence-electron chi connectivity index (χ4n) is 3.13. The molecule has 0 bridgehead atoms. The molecule has 1 heterocycles. The molecule has 0 aliphatic heterocycles. The van der Waals surface area contributed by atoms with Gasteiger partial charge in [-0.2, -0.15) is 0 Å². The zero-order valence-electron chi connectivity index (χ0n) is 21.3. The van der Waals surface area contributed by atoms with Crippen LogP contribution in [0, 0.1) is 37.7 Å². The number of aliphatic hydroxyl groups is 1. The molecule has 1 N–H and O–H groups in total. The Morgan fingerprint density at radius 1 is 1.00 bits per heavy atom. The number of aliphatic hydroxyl groups excluding tert-OH is 1.